The van der Waals surface area contributed by atoms with E-state index in [0.29, 0.717) is 6.42 Å². The van der Waals surface area contributed by atoms with Crippen LogP contribution in [0.1, 0.15) is 25.8 Å². The number of hydrogen-bond donors (Lipinski definition) is 1. The minimum Gasteiger partial charge on any atom is -0.319 e. The van der Waals surface area contributed by atoms with Crippen molar-refractivity contribution in [1.29, 1.82) is 0 Å². The second-order valence-electron chi connectivity index (χ2n) is 4.11. The van der Waals surface area contributed by atoms with Gasteiger partial charge in [0.25, 0.3) is 0 Å². The molecule has 0 amide bonds. The van der Waals surface area contributed by atoms with Gasteiger partial charge in [-0.05, 0) is 25.0 Å². The molecule has 2 nitrogen and oxygen atoms in total. The summed E-state index contributed by atoms with van der Waals surface area (Å²) in [6.45, 7) is 3.40. The molecule has 0 radical (unpaired) electrons. The summed E-state index contributed by atoms with van der Waals surface area (Å²) in [5.74, 6) is -1.61. The van der Waals surface area contributed by atoms with Crippen LogP contribution in [-0.2, 0) is 11.2 Å². The van der Waals surface area contributed by atoms with Crippen LogP contribution in [0, 0.1) is 11.6 Å². The van der Waals surface area contributed by atoms with E-state index in [9.17, 15) is 13.6 Å². The Morgan fingerprint density at radius 2 is 2.06 bits per heavy atom. The molecule has 16 heavy (non-hydrogen) atoms. The Labute approximate surface area is 93.5 Å². The van der Waals surface area contributed by atoms with Crippen LogP contribution in [-0.4, -0.2) is 11.3 Å². The zero-order chi connectivity index (χ0) is 12.3. The maximum absolute atomic E-state index is 13.3. The van der Waals surface area contributed by atoms with E-state index >= 15 is 0 Å². The third kappa shape index (κ3) is 2.85. The van der Waals surface area contributed by atoms with Gasteiger partial charge in [0.2, 0.25) is 0 Å². The zero-order valence-electron chi connectivity index (χ0n) is 9.39. The molecule has 1 atom stereocenters. The lowest BCUT2D eigenvalue weighted by molar-refractivity contribution is -0.123. The van der Waals surface area contributed by atoms with Crippen molar-refractivity contribution in [2.45, 2.75) is 32.2 Å². The summed E-state index contributed by atoms with van der Waals surface area (Å²) >= 11 is 0. The highest BCUT2D eigenvalue weighted by Crippen LogP contribution is 2.15. The van der Waals surface area contributed by atoms with Crippen LogP contribution in [0.3, 0.4) is 0 Å². The van der Waals surface area contributed by atoms with E-state index in [1.165, 1.54) is 6.07 Å². The van der Waals surface area contributed by atoms with Gasteiger partial charge in [0.15, 0.2) is 5.78 Å². The Balaban J connectivity index is 2.85. The molecular weight excluding hydrogens is 212 g/mol. The van der Waals surface area contributed by atoms with E-state index in [4.69, 9.17) is 5.73 Å². The molecule has 0 aromatic heterocycles. The fourth-order valence-corrected chi connectivity index (χ4v) is 1.24. The van der Waals surface area contributed by atoms with Gasteiger partial charge in [0, 0.05) is 12.5 Å². The van der Waals surface area contributed by atoms with Crippen molar-refractivity contribution in [1.82, 2.24) is 0 Å². The molecule has 2 N–H and O–H groups in total. The van der Waals surface area contributed by atoms with E-state index < -0.39 is 17.2 Å². The Morgan fingerprint density at radius 1 is 1.44 bits per heavy atom. The minimum absolute atomic E-state index is 0.104. The number of ketones is 1. The molecule has 1 rings (SSSR count). The van der Waals surface area contributed by atoms with Crippen molar-refractivity contribution in [3.8, 4) is 0 Å². The van der Waals surface area contributed by atoms with Crippen LogP contribution >= 0.6 is 0 Å². The largest absolute Gasteiger partial charge is 0.319 e. The maximum Gasteiger partial charge on any atom is 0.156 e. The maximum atomic E-state index is 13.3. The summed E-state index contributed by atoms with van der Waals surface area (Å²) < 4.78 is 25.9. The van der Waals surface area contributed by atoms with Gasteiger partial charge in [-0.15, -0.1) is 0 Å². The van der Waals surface area contributed by atoms with Gasteiger partial charge in [0.1, 0.15) is 11.6 Å². The van der Waals surface area contributed by atoms with Gasteiger partial charge < -0.3 is 5.73 Å². The van der Waals surface area contributed by atoms with E-state index in [-0.39, 0.29) is 17.8 Å². The predicted octanol–water partition coefficient (Wildman–Crippen LogP) is 2.20. The Morgan fingerprint density at radius 3 is 2.56 bits per heavy atom. The standard InChI is InChI=1S/C12H15F2NO/c1-3-12(2,15)11(16)6-8-4-5-9(13)7-10(8)14/h4-5,7H,3,6,15H2,1-2H3. The summed E-state index contributed by atoms with van der Waals surface area (Å²) in [6.07, 6.45) is 0.377. The van der Waals surface area contributed by atoms with Crippen LogP contribution in [0.2, 0.25) is 0 Å². The summed E-state index contributed by atoms with van der Waals surface area (Å²) in [6, 6.07) is 3.17. The fraction of sp³-hybridized carbons (Fsp3) is 0.417. The van der Waals surface area contributed by atoms with E-state index in [1.54, 1.807) is 13.8 Å². The average Bonchev–Trinajstić information content (AvgIpc) is 2.22. The van der Waals surface area contributed by atoms with Crippen molar-refractivity contribution in [2.75, 3.05) is 0 Å². The second-order valence-corrected chi connectivity index (χ2v) is 4.11. The van der Waals surface area contributed by atoms with Crippen molar-refractivity contribution in [3.05, 3.63) is 35.4 Å². The Bertz CT molecular complexity index is 402. The molecule has 1 aromatic carbocycles. The normalized spacial score (nSPS) is 14.6. The molecule has 0 bridgehead atoms. The van der Waals surface area contributed by atoms with Crippen molar-refractivity contribution >= 4 is 5.78 Å². The van der Waals surface area contributed by atoms with Gasteiger partial charge in [-0.2, -0.15) is 0 Å². The van der Waals surface area contributed by atoms with Crippen LogP contribution in [0.5, 0.6) is 0 Å². The molecule has 0 fully saturated rings. The number of carbonyl (C=O) groups is 1. The van der Waals surface area contributed by atoms with E-state index in [2.05, 4.69) is 0 Å². The molecule has 0 saturated heterocycles. The molecule has 4 heteroatoms. The summed E-state index contributed by atoms with van der Waals surface area (Å²) in [5.41, 5.74) is 4.96. The molecule has 88 valence electrons. The van der Waals surface area contributed by atoms with E-state index in [0.717, 1.165) is 12.1 Å². The molecule has 0 aliphatic rings. The predicted molar refractivity (Wildman–Crippen MR) is 58.0 cm³/mol. The number of rotatable bonds is 4. The van der Waals surface area contributed by atoms with Crippen LogP contribution in [0.25, 0.3) is 0 Å². The third-order valence-electron chi connectivity index (χ3n) is 2.74. The van der Waals surface area contributed by atoms with Crippen LogP contribution in [0.4, 0.5) is 8.78 Å². The van der Waals surface area contributed by atoms with Crippen LogP contribution in [0.15, 0.2) is 18.2 Å². The average molecular weight is 227 g/mol. The second kappa shape index (κ2) is 4.70. The highest BCUT2D eigenvalue weighted by molar-refractivity contribution is 5.89. The quantitative estimate of drug-likeness (QED) is 0.856. The topological polar surface area (TPSA) is 43.1 Å². The lowest BCUT2D eigenvalue weighted by Crippen LogP contribution is -2.45. The molecule has 0 heterocycles. The number of nitrogens with two attached hydrogens (primary N) is 1. The van der Waals surface area contributed by atoms with Crippen molar-refractivity contribution < 1.29 is 13.6 Å². The smallest absolute Gasteiger partial charge is 0.156 e. The molecule has 1 aromatic rings. The highest BCUT2D eigenvalue weighted by Gasteiger charge is 2.26. The van der Waals surface area contributed by atoms with Crippen LogP contribution < -0.4 is 5.73 Å². The highest BCUT2D eigenvalue weighted by atomic mass is 19.1. The van der Waals surface area contributed by atoms with Crippen molar-refractivity contribution in [2.24, 2.45) is 5.73 Å². The summed E-state index contributed by atoms with van der Waals surface area (Å²) in [7, 11) is 0. The van der Waals surface area contributed by atoms with Gasteiger partial charge in [-0.3, -0.25) is 4.79 Å². The van der Waals surface area contributed by atoms with E-state index in [1.807, 2.05) is 0 Å². The lowest BCUT2D eigenvalue weighted by Gasteiger charge is -2.20. The van der Waals surface area contributed by atoms with Gasteiger partial charge in [0.05, 0.1) is 5.54 Å². The monoisotopic (exact) mass is 227 g/mol. The van der Waals surface area contributed by atoms with Gasteiger partial charge >= 0.3 is 0 Å². The van der Waals surface area contributed by atoms with Crippen molar-refractivity contribution in [3.63, 3.8) is 0 Å². The number of benzene rings is 1. The first kappa shape index (κ1) is 12.8. The summed E-state index contributed by atoms with van der Waals surface area (Å²) in [4.78, 5) is 11.7. The third-order valence-corrected chi connectivity index (χ3v) is 2.74. The first-order valence-corrected chi connectivity index (χ1v) is 5.13. The number of hydrogen-bond acceptors (Lipinski definition) is 2. The molecule has 0 aliphatic heterocycles. The Hall–Kier alpha value is -1.29. The first-order chi connectivity index (χ1) is 7.36. The summed E-state index contributed by atoms with van der Waals surface area (Å²) in [5, 5.41) is 0. The van der Waals surface area contributed by atoms with Gasteiger partial charge in [-0.1, -0.05) is 13.0 Å². The minimum atomic E-state index is -0.958. The fourth-order valence-electron chi connectivity index (χ4n) is 1.24. The number of Topliss-reactive ketones (excluding diaryl/α,β-unsaturated/α-hetero) is 1. The molecule has 0 spiro atoms. The number of carbonyl (C=O) groups excluding carboxylic acids is 1. The van der Waals surface area contributed by atoms with Gasteiger partial charge in [-0.25, -0.2) is 8.78 Å². The Kier molecular flexibility index (Phi) is 3.75. The molecular formula is C12H15F2NO. The lowest BCUT2D eigenvalue weighted by atomic mass is 9.90. The number of halogens is 2. The zero-order valence-corrected chi connectivity index (χ0v) is 9.39. The molecule has 0 aliphatic carbocycles. The SMILES string of the molecule is CCC(C)(N)C(=O)Cc1ccc(F)cc1F. The molecule has 1 unspecified atom stereocenters. The first-order valence-electron chi connectivity index (χ1n) is 5.13. The molecule has 0 saturated carbocycles.